The molecule has 0 saturated carbocycles. The summed E-state index contributed by atoms with van der Waals surface area (Å²) in [4.78, 5) is 13.5. The molecule has 0 spiro atoms. The highest BCUT2D eigenvalue weighted by Gasteiger charge is 2.11. The van der Waals surface area contributed by atoms with E-state index in [9.17, 15) is 0 Å². The van der Waals surface area contributed by atoms with Gasteiger partial charge >= 0.3 is 0 Å². The Morgan fingerprint density at radius 2 is 1.87 bits per heavy atom. The predicted molar refractivity (Wildman–Crippen MR) is 95.1 cm³/mol. The number of pyridine rings is 2. The molecule has 4 rings (SSSR count). The first-order valence-electron chi connectivity index (χ1n) is 7.29. The van der Waals surface area contributed by atoms with Crippen LogP contribution in [-0.4, -0.2) is 15.0 Å². The number of nitrogens with zero attached hydrogens (tertiary/aromatic N) is 3. The first-order chi connectivity index (χ1) is 11.3. The van der Waals surface area contributed by atoms with Crippen LogP contribution in [0.15, 0.2) is 60.2 Å². The maximum Gasteiger partial charge on any atom is 0.187 e. The van der Waals surface area contributed by atoms with E-state index in [4.69, 9.17) is 0 Å². The van der Waals surface area contributed by atoms with E-state index in [1.165, 1.54) is 0 Å². The van der Waals surface area contributed by atoms with Crippen molar-refractivity contribution in [2.24, 2.45) is 0 Å². The van der Waals surface area contributed by atoms with Crippen LogP contribution in [0.3, 0.4) is 0 Å². The summed E-state index contributed by atoms with van der Waals surface area (Å²) in [6, 6.07) is 14.1. The third-order valence-electron chi connectivity index (χ3n) is 3.60. The Morgan fingerprint density at radius 3 is 2.70 bits per heavy atom. The van der Waals surface area contributed by atoms with Gasteiger partial charge in [0, 0.05) is 34.4 Å². The number of thiazole rings is 1. The summed E-state index contributed by atoms with van der Waals surface area (Å²) >= 11 is 1.57. The van der Waals surface area contributed by atoms with Gasteiger partial charge in [0.1, 0.15) is 0 Å². The molecule has 0 amide bonds. The van der Waals surface area contributed by atoms with E-state index >= 15 is 0 Å². The lowest BCUT2D eigenvalue weighted by Gasteiger charge is -2.11. The number of anilines is 2. The topological polar surface area (TPSA) is 50.7 Å². The van der Waals surface area contributed by atoms with Gasteiger partial charge in [0.25, 0.3) is 0 Å². The van der Waals surface area contributed by atoms with Crippen molar-refractivity contribution >= 4 is 33.1 Å². The van der Waals surface area contributed by atoms with E-state index in [2.05, 4.69) is 26.3 Å². The number of aryl methyl sites for hydroxylation is 1. The Morgan fingerprint density at radius 1 is 0.957 bits per heavy atom. The van der Waals surface area contributed by atoms with Crippen molar-refractivity contribution in [2.75, 3.05) is 5.32 Å². The molecule has 0 atom stereocenters. The molecular weight excluding hydrogens is 304 g/mol. The lowest BCUT2D eigenvalue weighted by molar-refractivity contribution is 1.21. The molecule has 0 aliphatic rings. The van der Waals surface area contributed by atoms with Crippen LogP contribution < -0.4 is 5.32 Å². The molecule has 1 N–H and O–H groups in total. The van der Waals surface area contributed by atoms with Gasteiger partial charge in [-0.15, -0.1) is 11.3 Å². The molecule has 0 unspecified atom stereocenters. The zero-order chi connectivity index (χ0) is 15.6. The average molecular weight is 318 g/mol. The summed E-state index contributed by atoms with van der Waals surface area (Å²) in [6.07, 6.45) is 3.60. The molecule has 3 heterocycles. The smallest absolute Gasteiger partial charge is 0.187 e. The van der Waals surface area contributed by atoms with Crippen LogP contribution in [0.2, 0.25) is 0 Å². The maximum atomic E-state index is 4.66. The Balaban J connectivity index is 1.94. The van der Waals surface area contributed by atoms with Crippen molar-refractivity contribution in [1.82, 2.24) is 15.0 Å². The van der Waals surface area contributed by atoms with Crippen molar-refractivity contribution in [3.63, 3.8) is 0 Å². The summed E-state index contributed by atoms with van der Waals surface area (Å²) in [6.45, 7) is 2.00. The van der Waals surface area contributed by atoms with Gasteiger partial charge in [-0.1, -0.05) is 18.2 Å². The van der Waals surface area contributed by atoms with Gasteiger partial charge in [-0.3, -0.25) is 9.97 Å². The molecule has 112 valence electrons. The Hall–Kier alpha value is -2.79. The normalized spacial score (nSPS) is 10.8. The molecule has 23 heavy (non-hydrogen) atoms. The number of aromatic nitrogens is 3. The molecule has 4 aromatic rings. The first-order valence-corrected chi connectivity index (χ1v) is 8.17. The van der Waals surface area contributed by atoms with Crippen molar-refractivity contribution < 1.29 is 0 Å². The number of benzene rings is 1. The largest absolute Gasteiger partial charge is 0.331 e. The number of hydrogen-bond donors (Lipinski definition) is 1. The number of hydrogen-bond acceptors (Lipinski definition) is 5. The van der Waals surface area contributed by atoms with E-state index in [1.54, 1.807) is 17.5 Å². The molecule has 0 bridgehead atoms. The lowest BCUT2D eigenvalue weighted by Crippen LogP contribution is -1.95. The van der Waals surface area contributed by atoms with Crippen LogP contribution in [-0.2, 0) is 0 Å². The van der Waals surface area contributed by atoms with Crippen LogP contribution in [0.4, 0.5) is 10.8 Å². The molecule has 5 heteroatoms. The van der Waals surface area contributed by atoms with Crippen LogP contribution in [0.5, 0.6) is 0 Å². The van der Waals surface area contributed by atoms with E-state index in [-0.39, 0.29) is 0 Å². The van der Waals surface area contributed by atoms with Crippen LogP contribution in [0.25, 0.3) is 22.2 Å². The Bertz CT molecular complexity index is 959. The highest BCUT2D eigenvalue weighted by atomic mass is 32.1. The lowest BCUT2D eigenvalue weighted by atomic mass is 10.0. The minimum Gasteiger partial charge on any atom is -0.331 e. The molecule has 0 radical (unpaired) electrons. The SMILES string of the molecule is Cc1cccc(-c2cccc3nccc(Nc4nccs4)c23)n1. The zero-order valence-electron chi connectivity index (χ0n) is 12.5. The van der Waals surface area contributed by atoms with Crippen molar-refractivity contribution in [3.8, 4) is 11.3 Å². The average Bonchev–Trinajstić information content (AvgIpc) is 3.08. The summed E-state index contributed by atoms with van der Waals surface area (Å²) in [7, 11) is 0. The van der Waals surface area contributed by atoms with Crippen molar-refractivity contribution in [2.45, 2.75) is 6.92 Å². The van der Waals surface area contributed by atoms with E-state index in [1.807, 2.05) is 54.9 Å². The number of fused-ring (bicyclic) bond motifs is 1. The van der Waals surface area contributed by atoms with Gasteiger partial charge in [-0.25, -0.2) is 4.98 Å². The molecule has 1 aromatic carbocycles. The monoisotopic (exact) mass is 318 g/mol. The third kappa shape index (κ3) is 2.66. The van der Waals surface area contributed by atoms with Crippen LogP contribution >= 0.6 is 11.3 Å². The molecule has 3 aromatic heterocycles. The van der Waals surface area contributed by atoms with Crippen molar-refractivity contribution in [1.29, 1.82) is 0 Å². The van der Waals surface area contributed by atoms with Crippen LogP contribution in [0.1, 0.15) is 5.69 Å². The fourth-order valence-electron chi connectivity index (χ4n) is 2.62. The minimum atomic E-state index is 0.865. The van der Waals surface area contributed by atoms with Gasteiger partial charge in [0.05, 0.1) is 16.9 Å². The summed E-state index contributed by atoms with van der Waals surface area (Å²) in [5.74, 6) is 0. The third-order valence-corrected chi connectivity index (χ3v) is 4.29. The molecular formula is C18H14N4S. The summed E-state index contributed by atoms with van der Waals surface area (Å²) in [5, 5.41) is 7.27. The molecule has 4 nitrogen and oxygen atoms in total. The first kappa shape index (κ1) is 13.8. The second-order valence-corrected chi connectivity index (χ2v) is 6.08. The van der Waals surface area contributed by atoms with Crippen molar-refractivity contribution in [3.05, 3.63) is 65.9 Å². The maximum absolute atomic E-state index is 4.66. The molecule has 0 fully saturated rings. The highest BCUT2D eigenvalue weighted by molar-refractivity contribution is 7.13. The fraction of sp³-hybridized carbons (Fsp3) is 0.0556. The predicted octanol–water partition coefficient (Wildman–Crippen LogP) is 4.81. The second-order valence-electron chi connectivity index (χ2n) is 5.18. The van der Waals surface area contributed by atoms with Gasteiger partial charge < -0.3 is 5.32 Å². The quantitative estimate of drug-likeness (QED) is 0.589. The summed E-state index contributed by atoms with van der Waals surface area (Å²) in [5.41, 5.74) is 4.94. The van der Waals surface area contributed by atoms with E-state index < -0.39 is 0 Å². The second kappa shape index (κ2) is 5.78. The molecule has 0 aliphatic heterocycles. The molecule has 0 saturated heterocycles. The zero-order valence-corrected chi connectivity index (χ0v) is 13.3. The highest BCUT2D eigenvalue weighted by Crippen LogP contribution is 2.33. The van der Waals surface area contributed by atoms with Gasteiger partial charge in [-0.2, -0.15) is 0 Å². The van der Waals surface area contributed by atoms with Gasteiger partial charge in [0.15, 0.2) is 5.13 Å². The van der Waals surface area contributed by atoms with Crippen LogP contribution in [0, 0.1) is 6.92 Å². The Kier molecular flexibility index (Phi) is 3.48. The van der Waals surface area contributed by atoms with E-state index in [0.717, 1.165) is 38.7 Å². The Labute approximate surface area is 137 Å². The molecule has 0 aliphatic carbocycles. The number of nitrogens with one attached hydrogen (secondary N) is 1. The van der Waals surface area contributed by atoms with Gasteiger partial charge in [0.2, 0.25) is 0 Å². The number of rotatable bonds is 3. The summed E-state index contributed by atoms with van der Waals surface area (Å²) < 4.78 is 0. The van der Waals surface area contributed by atoms with Gasteiger partial charge in [-0.05, 0) is 31.2 Å². The fourth-order valence-corrected chi connectivity index (χ4v) is 3.16. The minimum absolute atomic E-state index is 0.865. The standard InChI is InChI=1S/C18H14N4S/c1-12-4-2-6-14(21-12)13-5-3-7-15-17(13)16(8-9-19-15)22-18-20-10-11-23-18/h2-11H,1H3,(H,19,20,22). The van der Waals surface area contributed by atoms with E-state index in [0.29, 0.717) is 0 Å².